The third kappa shape index (κ3) is 3.46. The highest BCUT2D eigenvalue weighted by Gasteiger charge is 2.28. The van der Waals surface area contributed by atoms with Crippen LogP contribution in [0.15, 0.2) is 47.6 Å². The molecule has 1 aromatic heterocycles. The van der Waals surface area contributed by atoms with Gasteiger partial charge in [-0.2, -0.15) is 0 Å². The van der Waals surface area contributed by atoms with E-state index in [0.717, 1.165) is 12.8 Å². The van der Waals surface area contributed by atoms with Crippen LogP contribution < -0.4 is 10.0 Å². The van der Waals surface area contributed by atoms with Crippen molar-refractivity contribution in [2.75, 3.05) is 5.32 Å². The lowest BCUT2D eigenvalue weighted by Crippen LogP contribution is -2.26. The van der Waals surface area contributed by atoms with Gasteiger partial charge >= 0.3 is 0 Å². The fraction of sp³-hybridized carbons (Fsp3) is 0.214. The molecule has 0 spiro atoms. The number of amides is 1. The summed E-state index contributed by atoms with van der Waals surface area (Å²) < 4.78 is 26.9. The molecule has 0 saturated heterocycles. The van der Waals surface area contributed by atoms with Crippen molar-refractivity contribution in [1.82, 2.24) is 14.7 Å². The minimum absolute atomic E-state index is 0.0141. The van der Waals surface area contributed by atoms with E-state index in [0.29, 0.717) is 0 Å². The number of sulfonamides is 1. The standard InChI is InChI=1S/C14H14N4O3S/c19-13(17-14-15-7-2-8-16-14)10-3-1-4-12(9-10)22(20,21)18-11-5-6-11/h1-4,7-9,11,18H,5-6H2,(H,15,16,17,19). The van der Waals surface area contributed by atoms with E-state index in [1.165, 1.54) is 36.7 Å². The Labute approximate surface area is 127 Å². The van der Waals surface area contributed by atoms with Crippen molar-refractivity contribution in [3.05, 3.63) is 48.3 Å². The molecule has 0 aliphatic heterocycles. The molecule has 7 nitrogen and oxygen atoms in total. The zero-order chi connectivity index (χ0) is 15.6. The quantitative estimate of drug-likeness (QED) is 0.862. The van der Waals surface area contributed by atoms with Gasteiger partial charge in [-0.25, -0.2) is 23.1 Å². The molecule has 0 radical (unpaired) electrons. The molecule has 1 aliphatic rings. The van der Waals surface area contributed by atoms with Crippen molar-refractivity contribution in [3.8, 4) is 0 Å². The van der Waals surface area contributed by atoms with Crippen LogP contribution in [0.25, 0.3) is 0 Å². The summed E-state index contributed by atoms with van der Waals surface area (Å²) in [7, 11) is -3.59. The number of aromatic nitrogens is 2. The van der Waals surface area contributed by atoms with Crippen molar-refractivity contribution >= 4 is 21.9 Å². The second-order valence-electron chi connectivity index (χ2n) is 4.95. The molecule has 2 N–H and O–H groups in total. The highest BCUT2D eigenvalue weighted by molar-refractivity contribution is 7.89. The third-order valence-corrected chi connectivity index (χ3v) is 4.61. The Kier molecular flexibility index (Phi) is 3.86. The van der Waals surface area contributed by atoms with E-state index in [9.17, 15) is 13.2 Å². The zero-order valence-electron chi connectivity index (χ0n) is 11.6. The largest absolute Gasteiger partial charge is 0.290 e. The molecule has 0 atom stereocenters. The normalized spacial score (nSPS) is 14.5. The van der Waals surface area contributed by atoms with Crippen molar-refractivity contribution in [1.29, 1.82) is 0 Å². The average Bonchev–Trinajstić information content (AvgIpc) is 3.32. The van der Waals surface area contributed by atoms with Gasteiger partial charge in [-0.3, -0.25) is 10.1 Å². The molecule has 0 bridgehead atoms. The number of rotatable bonds is 5. The Balaban J connectivity index is 1.80. The molecule has 114 valence electrons. The minimum atomic E-state index is -3.59. The molecule has 1 aromatic carbocycles. The summed E-state index contributed by atoms with van der Waals surface area (Å²) in [6.07, 6.45) is 4.71. The van der Waals surface area contributed by atoms with Crippen LogP contribution in [0.3, 0.4) is 0 Å². The number of nitrogens with one attached hydrogen (secondary N) is 2. The van der Waals surface area contributed by atoms with Gasteiger partial charge in [-0.05, 0) is 37.1 Å². The molecular formula is C14H14N4O3S. The van der Waals surface area contributed by atoms with Gasteiger partial charge < -0.3 is 0 Å². The van der Waals surface area contributed by atoms with E-state index in [2.05, 4.69) is 20.0 Å². The lowest BCUT2D eigenvalue weighted by atomic mass is 10.2. The van der Waals surface area contributed by atoms with E-state index < -0.39 is 15.9 Å². The molecule has 22 heavy (non-hydrogen) atoms. The number of carbonyl (C=O) groups is 1. The van der Waals surface area contributed by atoms with E-state index in [-0.39, 0.29) is 22.4 Å². The molecular weight excluding hydrogens is 304 g/mol. The van der Waals surface area contributed by atoms with Crippen LogP contribution in [-0.2, 0) is 10.0 Å². The molecule has 0 unspecified atom stereocenters. The van der Waals surface area contributed by atoms with Crippen LogP contribution >= 0.6 is 0 Å². The first-order valence-electron chi connectivity index (χ1n) is 6.75. The molecule has 1 fully saturated rings. The fourth-order valence-electron chi connectivity index (χ4n) is 1.83. The smallest absolute Gasteiger partial charge is 0.258 e. The highest BCUT2D eigenvalue weighted by Crippen LogP contribution is 2.22. The van der Waals surface area contributed by atoms with Crippen molar-refractivity contribution < 1.29 is 13.2 Å². The molecule has 1 saturated carbocycles. The molecule has 1 heterocycles. The minimum Gasteiger partial charge on any atom is -0.290 e. The monoisotopic (exact) mass is 318 g/mol. The predicted octanol–water partition coefficient (Wildman–Crippen LogP) is 1.17. The molecule has 2 aromatic rings. The second-order valence-corrected chi connectivity index (χ2v) is 6.66. The van der Waals surface area contributed by atoms with Gasteiger partial charge in [0.25, 0.3) is 5.91 Å². The topological polar surface area (TPSA) is 101 Å². The lowest BCUT2D eigenvalue weighted by molar-refractivity contribution is 0.102. The van der Waals surface area contributed by atoms with Gasteiger partial charge in [-0.15, -0.1) is 0 Å². The Hall–Kier alpha value is -2.32. The Bertz CT molecular complexity index is 789. The van der Waals surface area contributed by atoms with Gasteiger partial charge in [0.15, 0.2) is 0 Å². The maximum Gasteiger partial charge on any atom is 0.258 e. The number of nitrogens with zero attached hydrogens (tertiary/aromatic N) is 2. The average molecular weight is 318 g/mol. The SMILES string of the molecule is O=C(Nc1ncccn1)c1cccc(S(=O)(=O)NC2CC2)c1. The first-order chi connectivity index (χ1) is 10.5. The summed E-state index contributed by atoms with van der Waals surface area (Å²) in [5, 5.41) is 2.51. The maximum atomic E-state index is 12.1. The van der Waals surface area contributed by atoms with Crippen LogP contribution in [0.1, 0.15) is 23.2 Å². The summed E-state index contributed by atoms with van der Waals surface area (Å²) in [5.74, 6) is -0.300. The molecule has 3 rings (SSSR count). The van der Waals surface area contributed by atoms with Gasteiger partial charge in [-0.1, -0.05) is 6.07 Å². The number of hydrogen-bond donors (Lipinski definition) is 2. The van der Waals surface area contributed by atoms with Crippen LogP contribution in [0.4, 0.5) is 5.95 Å². The summed E-state index contributed by atoms with van der Waals surface area (Å²) in [5.41, 5.74) is 0.228. The fourth-order valence-corrected chi connectivity index (χ4v) is 3.18. The molecule has 1 amide bonds. The van der Waals surface area contributed by atoms with Crippen LogP contribution in [-0.4, -0.2) is 30.3 Å². The Morgan fingerprint density at radius 2 is 1.86 bits per heavy atom. The van der Waals surface area contributed by atoms with Gasteiger partial charge in [0.05, 0.1) is 4.90 Å². The Morgan fingerprint density at radius 3 is 2.55 bits per heavy atom. The maximum absolute atomic E-state index is 12.1. The number of anilines is 1. The van der Waals surface area contributed by atoms with Crippen molar-refractivity contribution in [2.24, 2.45) is 0 Å². The lowest BCUT2D eigenvalue weighted by Gasteiger charge is -2.07. The first kappa shape index (κ1) is 14.6. The van der Waals surface area contributed by atoms with E-state index in [4.69, 9.17) is 0 Å². The summed E-state index contributed by atoms with van der Waals surface area (Å²) >= 11 is 0. The summed E-state index contributed by atoms with van der Waals surface area (Å²) in [6.45, 7) is 0. The number of carbonyl (C=O) groups excluding carboxylic acids is 1. The third-order valence-electron chi connectivity index (χ3n) is 3.10. The number of hydrogen-bond acceptors (Lipinski definition) is 5. The molecule has 8 heteroatoms. The molecule has 1 aliphatic carbocycles. The zero-order valence-corrected chi connectivity index (χ0v) is 12.4. The number of benzene rings is 1. The van der Waals surface area contributed by atoms with E-state index in [1.807, 2.05) is 0 Å². The summed E-state index contributed by atoms with van der Waals surface area (Å²) in [6, 6.07) is 7.51. The van der Waals surface area contributed by atoms with Crippen LogP contribution in [0.2, 0.25) is 0 Å². The van der Waals surface area contributed by atoms with Gasteiger partial charge in [0, 0.05) is 24.0 Å². The highest BCUT2D eigenvalue weighted by atomic mass is 32.2. The van der Waals surface area contributed by atoms with Crippen LogP contribution in [0.5, 0.6) is 0 Å². The predicted molar refractivity (Wildman–Crippen MR) is 79.8 cm³/mol. The van der Waals surface area contributed by atoms with Gasteiger partial charge in [0.1, 0.15) is 0 Å². The Morgan fingerprint density at radius 1 is 1.14 bits per heavy atom. The van der Waals surface area contributed by atoms with Gasteiger partial charge in [0.2, 0.25) is 16.0 Å². The van der Waals surface area contributed by atoms with Crippen molar-refractivity contribution in [2.45, 2.75) is 23.8 Å². The summed E-state index contributed by atoms with van der Waals surface area (Å²) in [4.78, 5) is 20.0. The van der Waals surface area contributed by atoms with E-state index >= 15 is 0 Å². The van der Waals surface area contributed by atoms with E-state index in [1.54, 1.807) is 6.07 Å². The van der Waals surface area contributed by atoms with Crippen molar-refractivity contribution in [3.63, 3.8) is 0 Å². The first-order valence-corrected chi connectivity index (χ1v) is 8.24. The second kappa shape index (κ2) is 5.82. The van der Waals surface area contributed by atoms with Crippen LogP contribution in [0, 0.1) is 0 Å².